The minimum Gasteiger partial charge on any atom is -0.475 e. The summed E-state index contributed by atoms with van der Waals surface area (Å²) in [7, 11) is -2.86. The zero-order valence-corrected chi connectivity index (χ0v) is 6.15. The molecule has 0 heterocycles. The molecule has 0 spiro atoms. The standard InChI is InChI=1S/C3H2O5S2/c4-1(2(5)6)3(9)10(7)8/h9H,(H,5,6). The summed E-state index contributed by atoms with van der Waals surface area (Å²) in [5.74, 6) is -3.37. The molecule has 0 unspecified atom stereocenters. The number of aliphatic carboxylic acids is 1. The van der Waals surface area contributed by atoms with Crippen LogP contribution < -0.4 is 0 Å². The number of rotatable bonds is 2. The number of carbonyl (C=O) groups is 2. The Morgan fingerprint density at radius 3 is 1.80 bits per heavy atom. The molecule has 0 aliphatic heterocycles. The Morgan fingerprint density at radius 1 is 1.30 bits per heavy atom. The van der Waals surface area contributed by atoms with Crippen LogP contribution in [-0.2, 0) is 19.9 Å². The summed E-state index contributed by atoms with van der Waals surface area (Å²) in [5, 5.41) is 7.91. The van der Waals surface area contributed by atoms with E-state index in [0.29, 0.717) is 0 Å². The van der Waals surface area contributed by atoms with Gasteiger partial charge in [-0.15, -0.1) is 12.6 Å². The molecule has 0 aromatic rings. The minimum atomic E-state index is -2.86. The number of hydrogen-bond donors (Lipinski definition) is 2. The van der Waals surface area contributed by atoms with Crippen LogP contribution >= 0.6 is 12.6 Å². The van der Waals surface area contributed by atoms with Crippen LogP contribution in [0.2, 0.25) is 0 Å². The van der Waals surface area contributed by atoms with Crippen molar-refractivity contribution in [2.24, 2.45) is 0 Å². The first-order chi connectivity index (χ1) is 4.46. The molecule has 0 aliphatic rings. The fourth-order valence-corrected chi connectivity index (χ4v) is 0.501. The fourth-order valence-electron chi connectivity index (χ4n) is 0.167. The molecule has 0 saturated carbocycles. The highest BCUT2D eigenvalue weighted by Gasteiger charge is 2.16. The molecule has 0 amide bonds. The van der Waals surface area contributed by atoms with Crippen LogP contribution in [0.3, 0.4) is 0 Å². The Hall–Kier alpha value is -0.820. The number of Topliss-reactive ketones (excluding diaryl/α,β-unsaturated/α-hetero) is 1. The summed E-state index contributed by atoms with van der Waals surface area (Å²) in [6.45, 7) is 0. The van der Waals surface area contributed by atoms with Crippen molar-refractivity contribution in [1.82, 2.24) is 0 Å². The number of thiol groups is 1. The average Bonchev–Trinajstić information content (AvgIpc) is 1.84. The van der Waals surface area contributed by atoms with Crippen LogP contribution in [-0.4, -0.2) is 29.5 Å². The maximum absolute atomic E-state index is 10.2. The van der Waals surface area contributed by atoms with Gasteiger partial charge in [-0.05, 0) is 0 Å². The van der Waals surface area contributed by atoms with Crippen molar-refractivity contribution in [3.63, 3.8) is 0 Å². The van der Waals surface area contributed by atoms with Gasteiger partial charge < -0.3 is 5.11 Å². The van der Waals surface area contributed by atoms with Gasteiger partial charge in [0.2, 0.25) is 10.3 Å². The molecule has 1 N–H and O–H groups in total. The van der Waals surface area contributed by atoms with Crippen LogP contribution in [0.4, 0.5) is 0 Å². The van der Waals surface area contributed by atoms with Gasteiger partial charge in [-0.25, -0.2) is 4.79 Å². The van der Waals surface area contributed by atoms with E-state index in [-0.39, 0.29) is 0 Å². The molecule has 0 aromatic heterocycles. The molecule has 0 aliphatic carbocycles. The van der Waals surface area contributed by atoms with Crippen LogP contribution in [0.15, 0.2) is 0 Å². The van der Waals surface area contributed by atoms with E-state index in [1.165, 1.54) is 0 Å². The molecule has 0 radical (unpaired) electrons. The second-order valence-electron chi connectivity index (χ2n) is 1.17. The van der Waals surface area contributed by atoms with Crippen molar-refractivity contribution in [3.05, 3.63) is 0 Å². The first-order valence-electron chi connectivity index (χ1n) is 1.89. The van der Waals surface area contributed by atoms with Crippen molar-refractivity contribution < 1.29 is 23.1 Å². The van der Waals surface area contributed by atoms with E-state index < -0.39 is 26.2 Å². The normalized spacial score (nSPS) is 8.50. The highest BCUT2D eigenvalue weighted by Crippen LogP contribution is 1.83. The molecule has 0 rings (SSSR count). The van der Waals surface area contributed by atoms with Gasteiger partial charge in [-0.2, -0.15) is 8.42 Å². The lowest BCUT2D eigenvalue weighted by Gasteiger charge is -1.83. The fraction of sp³-hybridized carbons (Fsp3) is 0. The van der Waals surface area contributed by atoms with E-state index in [1.807, 2.05) is 0 Å². The van der Waals surface area contributed by atoms with E-state index in [1.54, 1.807) is 0 Å². The van der Waals surface area contributed by atoms with Crippen LogP contribution in [0.25, 0.3) is 0 Å². The zero-order valence-electron chi connectivity index (χ0n) is 4.44. The third-order valence-electron chi connectivity index (χ3n) is 0.546. The first-order valence-corrected chi connectivity index (χ1v) is 3.42. The van der Waals surface area contributed by atoms with Gasteiger partial charge in [-0.1, -0.05) is 0 Å². The highest BCUT2D eigenvalue weighted by atomic mass is 32.2. The molecule has 0 atom stereocenters. The number of carboxylic acid groups (broad SMARTS) is 1. The van der Waals surface area contributed by atoms with Crippen molar-refractivity contribution in [2.45, 2.75) is 0 Å². The molecule has 0 aromatic carbocycles. The van der Waals surface area contributed by atoms with Gasteiger partial charge in [-0.3, -0.25) is 4.79 Å². The van der Waals surface area contributed by atoms with Gasteiger partial charge in [0.25, 0.3) is 5.78 Å². The van der Waals surface area contributed by atoms with E-state index in [0.717, 1.165) is 0 Å². The second kappa shape index (κ2) is 3.37. The van der Waals surface area contributed by atoms with Gasteiger partial charge in [0.05, 0.1) is 0 Å². The number of hydrogen-bond acceptors (Lipinski definition) is 4. The number of ketones is 1. The molecule has 0 bridgehead atoms. The van der Waals surface area contributed by atoms with Crippen molar-refractivity contribution in [3.8, 4) is 0 Å². The molecule has 5 nitrogen and oxygen atoms in total. The second-order valence-corrected chi connectivity index (χ2v) is 2.80. The maximum Gasteiger partial charge on any atom is 0.378 e. The Bertz CT molecular complexity index is 289. The Labute approximate surface area is 62.6 Å². The van der Waals surface area contributed by atoms with E-state index in [9.17, 15) is 18.0 Å². The Kier molecular flexibility index (Phi) is 3.10. The number of carboxylic acids is 1. The Balaban J connectivity index is 4.91. The molecule has 0 fully saturated rings. The Morgan fingerprint density at radius 2 is 1.70 bits per heavy atom. The summed E-state index contributed by atoms with van der Waals surface area (Å²) in [6.07, 6.45) is 0. The largest absolute Gasteiger partial charge is 0.475 e. The van der Waals surface area contributed by atoms with Gasteiger partial charge >= 0.3 is 5.97 Å². The van der Waals surface area contributed by atoms with E-state index in [2.05, 4.69) is 12.6 Å². The van der Waals surface area contributed by atoms with Gasteiger partial charge in [0.15, 0.2) is 4.20 Å². The number of carbonyl (C=O) groups excluding carboxylic acids is 1. The topological polar surface area (TPSA) is 88.5 Å². The smallest absolute Gasteiger partial charge is 0.378 e. The van der Waals surface area contributed by atoms with Gasteiger partial charge in [0.1, 0.15) is 0 Å². The average molecular weight is 182 g/mol. The zero-order chi connectivity index (χ0) is 8.31. The van der Waals surface area contributed by atoms with Crippen molar-refractivity contribution in [1.29, 1.82) is 0 Å². The quantitative estimate of drug-likeness (QED) is 0.311. The van der Waals surface area contributed by atoms with Crippen LogP contribution in [0, 0.1) is 0 Å². The molecule has 56 valence electrons. The maximum atomic E-state index is 10.2. The van der Waals surface area contributed by atoms with Gasteiger partial charge in [0, 0.05) is 0 Å². The van der Waals surface area contributed by atoms with Crippen molar-refractivity contribution in [2.75, 3.05) is 0 Å². The predicted molar refractivity (Wildman–Crippen MR) is 35.6 cm³/mol. The third kappa shape index (κ3) is 2.19. The monoisotopic (exact) mass is 182 g/mol. The minimum absolute atomic E-state index is 0.993. The molecular weight excluding hydrogens is 180 g/mol. The summed E-state index contributed by atoms with van der Waals surface area (Å²) in [6, 6.07) is 0. The van der Waals surface area contributed by atoms with Crippen molar-refractivity contribution >= 4 is 38.9 Å². The molecule has 0 saturated heterocycles. The summed E-state index contributed by atoms with van der Waals surface area (Å²) in [5.41, 5.74) is 0. The summed E-state index contributed by atoms with van der Waals surface area (Å²) < 4.78 is 18.7. The van der Waals surface area contributed by atoms with Crippen LogP contribution in [0.1, 0.15) is 0 Å². The molecule has 7 heteroatoms. The summed E-state index contributed by atoms with van der Waals surface area (Å²) >= 11 is 3.13. The lowest BCUT2D eigenvalue weighted by Crippen LogP contribution is -2.19. The molecule has 10 heavy (non-hydrogen) atoms. The molecular formula is C3H2O5S2. The third-order valence-corrected chi connectivity index (χ3v) is 1.70. The lowest BCUT2D eigenvalue weighted by atomic mass is 10.5. The highest BCUT2D eigenvalue weighted by molar-refractivity contribution is 8.11. The SMILES string of the molecule is O=C(O)C(=O)C(S)=S(=O)=O. The predicted octanol–water partition coefficient (Wildman–Crippen LogP) is -1.42. The lowest BCUT2D eigenvalue weighted by molar-refractivity contribution is -0.145. The summed E-state index contributed by atoms with van der Waals surface area (Å²) in [4.78, 5) is 19.9. The first kappa shape index (κ1) is 9.18. The van der Waals surface area contributed by atoms with E-state index in [4.69, 9.17) is 5.11 Å². The van der Waals surface area contributed by atoms with Crippen LogP contribution in [0.5, 0.6) is 0 Å². The van der Waals surface area contributed by atoms with E-state index >= 15 is 0 Å².